The Morgan fingerprint density at radius 3 is 2.58 bits per heavy atom. The van der Waals surface area contributed by atoms with E-state index in [0.717, 1.165) is 6.07 Å². The molecule has 0 spiro atoms. The predicted molar refractivity (Wildman–Crippen MR) is 123 cm³/mol. The van der Waals surface area contributed by atoms with Crippen LogP contribution in [0.2, 0.25) is 0 Å². The van der Waals surface area contributed by atoms with Crippen LogP contribution in [0.1, 0.15) is 5.56 Å². The van der Waals surface area contributed by atoms with Crippen LogP contribution in [-0.2, 0) is 9.47 Å². The number of hydrazine groups is 1. The van der Waals surface area contributed by atoms with E-state index in [4.69, 9.17) is 41.8 Å². The maximum atomic E-state index is 14.4. The average molecular weight is 461 g/mol. The lowest BCUT2D eigenvalue weighted by molar-refractivity contribution is -0.118. The van der Waals surface area contributed by atoms with Gasteiger partial charge < -0.3 is 30.5 Å². The Hall–Kier alpha value is -3.38. The molecule has 0 saturated carbocycles. The Labute approximate surface area is 191 Å². The van der Waals surface area contributed by atoms with Crippen LogP contribution in [0.5, 0.6) is 11.5 Å². The number of allylic oxidation sites excluding steroid dienone is 1. The molecule has 7 N–H and O–H groups in total. The monoisotopic (exact) mass is 460 g/mol. The summed E-state index contributed by atoms with van der Waals surface area (Å²) in [4.78, 5) is 5.79. The molecule has 0 radical (unpaired) electrons. The SMILES string of the molecule is COCCOc1cc(N)c(C(=N)/C(N)=C/N(N)c2ccc(ON3CCOCC3)cc2)cc1F. The fourth-order valence-electron chi connectivity index (χ4n) is 3.04. The smallest absolute Gasteiger partial charge is 0.165 e. The zero-order valence-corrected chi connectivity index (χ0v) is 18.4. The number of hydrogen-bond acceptors (Lipinski definition) is 10. The Kier molecular flexibility index (Phi) is 8.44. The lowest BCUT2D eigenvalue weighted by atomic mass is 10.1. The number of anilines is 2. The van der Waals surface area contributed by atoms with Gasteiger partial charge in [-0.2, -0.15) is 0 Å². The summed E-state index contributed by atoms with van der Waals surface area (Å²) >= 11 is 0. The van der Waals surface area contributed by atoms with Crippen molar-refractivity contribution in [1.82, 2.24) is 5.06 Å². The first-order chi connectivity index (χ1) is 15.9. The summed E-state index contributed by atoms with van der Waals surface area (Å²) in [6.45, 7) is 3.11. The zero-order chi connectivity index (χ0) is 23.8. The second-order valence-corrected chi connectivity index (χ2v) is 7.20. The first-order valence-corrected chi connectivity index (χ1v) is 10.3. The summed E-state index contributed by atoms with van der Waals surface area (Å²) in [6, 6.07) is 9.48. The molecule has 33 heavy (non-hydrogen) atoms. The first-order valence-electron chi connectivity index (χ1n) is 10.3. The lowest BCUT2D eigenvalue weighted by Gasteiger charge is -2.26. The van der Waals surface area contributed by atoms with Gasteiger partial charge in [0.05, 0.1) is 50.0 Å². The maximum Gasteiger partial charge on any atom is 0.165 e. The molecule has 1 saturated heterocycles. The van der Waals surface area contributed by atoms with E-state index in [9.17, 15) is 4.39 Å². The van der Waals surface area contributed by atoms with Gasteiger partial charge in [0, 0.05) is 30.6 Å². The van der Waals surface area contributed by atoms with E-state index < -0.39 is 5.82 Å². The molecule has 2 aromatic rings. The summed E-state index contributed by atoms with van der Waals surface area (Å²) in [5.74, 6) is 6.06. The number of nitrogens with two attached hydrogens (primary N) is 3. The van der Waals surface area contributed by atoms with Gasteiger partial charge in [0.25, 0.3) is 0 Å². The fraction of sp³-hybridized carbons (Fsp3) is 0.318. The van der Waals surface area contributed by atoms with E-state index in [0.29, 0.717) is 44.3 Å². The topological polar surface area (TPSA) is 145 Å². The quantitative estimate of drug-likeness (QED) is 0.137. The third-order valence-electron chi connectivity index (χ3n) is 4.82. The molecule has 1 fully saturated rings. The summed E-state index contributed by atoms with van der Waals surface area (Å²) in [5.41, 5.74) is 12.8. The molecule has 11 heteroatoms. The van der Waals surface area contributed by atoms with Crippen LogP contribution >= 0.6 is 0 Å². The third-order valence-corrected chi connectivity index (χ3v) is 4.82. The zero-order valence-electron chi connectivity index (χ0n) is 18.4. The summed E-state index contributed by atoms with van der Waals surface area (Å²) in [7, 11) is 1.52. The van der Waals surface area contributed by atoms with Gasteiger partial charge in [-0.05, 0) is 30.3 Å². The average Bonchev–Trinajstić information content (AvgIpc) is 2.81. The van der Waals surface area contributed by atoms with Crippen molar-refractivity contribution in [2.75, 3.05) is 57.4 Å². The number of ether oxygens (including phenoxy) is 3. The van der Waals surface area contributed by atoms with Gasteiger partial charge in [-0.25, -0.2) is 10.2 Å². The fourth-order valence-corrected chi connectivity index (χ4v) is 3.04. The number of nitrogens with one attached hydrogen (secondary N) is 1. The number of rotatable bonds is 10. The minimum atomic E-state index is -0.659. The van der Waals surface area contributed by atoms with Gasteiger partial charge in [0.15, 0.2) is 11.6 Å². The predicted octanol–water partition coefficient (Wildman–Crippen LogP) is 1.61. The molecule has 0 unspecified atom stereocenters. The maximum absolute atomic E-state index is 14.4. The van der Waals surface area contributed by atoms with Crippen molar-refractivity contribution >= 4 is 17.1 Å². The van der Waals surface area contributed by atoms with E-state index >= 15 is 0 Å². The molecule has 0 amide bonds. The van der Waals surface area contributed by atoms with E-state index in [1.165, 1.54) is 24.4 Å². The molecule has 178 valence electrons. The van der Waals surface area contributed by atoms with E-state index in [-0.39, 0.29) is 35.0 Å². The molecular formula is C22H29FN6O4. The van der Waals surface area contributed by atoms with E-state index in [1.807, 2.05) is 5.06 Å². The Morgan fingerprint density at radius 2 is 1.91 bits per heavy atom. The number of hydroxylamine groups is 2. The molecule has 1 aliphatic heterocycles. The molecule has 10 nitrogen and oxygen atoms in total. The number of benzene rings is 2. The largest absolute Gasteiger partial charge is 0.488 e. The van der Waals surface area contributed by atoms with Crippen molar-refractivity contribution < 1.29 is 23.4 Å². The van der Waals surface area contributed by atoms with Crippen molar-refractivity contribution in [1.29, 1.82) is 5.41 Å². The third kappa shape index (κ3) is 6.56. The van der Waals surface area contributed by atoms with Crippen molar-refractivity contribution in [3.63, 3.8) is 0 Å². The van der Waals surface area contributed by atoms with Gasteiger partial charge in [-0.3, -0.25) is 10.4 Å². The Morgan fingerprint density at radius 1 is 1.21 bits per heavy atom. The highest BCUT2D eigenvalue weighted by molar-refractivity contribution is 6.13. The normalized spacial score (nSPS) is 14.7. The van der Waals surface area contributed by atoms with Gasteiger partial charge >= 0.3 is 0 Å². The van der Waals surface area contributed by atoms with Crippen molar-refractivity contribution in [2.24, 2.45) is 11.6 Å². The van der Waals surface area contributed by atoms with Crippen molar-refractivity contribution in [3.05, 3.63) is 59.7 Å². The number of morpholine rings is 1. The number of hydrogen-bond donors (Lipinski definition) is 4. The minimum Gasteiger partial charge on any atom is -0.488 e. The van der Waals surface area contributed by atoms with Gasteiger partial charge in [-0.15, -0.1) is 5.06 Å². The highest BCUT2D eigenvalue weighted by Gasteiger charge is 2.16. The van der Waals surface area contributed by atoms with E-state index in [1.54, 1.807) is 24.3 Å². The molecule has 0 bridgehead atoms. The Balaban J connectivity index is 1.66. The van der Waals surface area contributed by atoms with Crippen LogP contribution in [0.3, 0.4) is 0 Å². The van der Waals surface area contributed by atoms with E-state index in [2.05, 4.69) is 0 Å². The minimum absolute atomic E-state index is 0.00490. The summed E-state index contributed by atoms with van der Waals surface area (Å²) in [5, 5.41) is 11.4. The van der Waals surface area contributed by atoms with Crippen molar-refractivity contribution in [3.8, 4) is 11.5 Å². The summed E-state index contributed by atoms with van der Waals surface area (Å²) in [6.07, 6.45) is 1.36. The first kappa shape index (κ1) is 24.3. The molecule has 0 aromatic heterocycles. The second kappa shape index (κ2) is 11.5. The van der Waals surface area contributed by atoms with Crippen LogP contribution in [0.15, 0.2) is 48.3 Å². The second-order valence-electron chi connectivity index (χ2n) is 7.20. The van der Waals surface area contributed by atoms with Crippen LogP contribution in [0.25, 0.3) is 0 Å². The van der Waals surface area contributed by atoms with Crippen molar-refractivity contribution in [2.45, 2.75) is 0 Å². The molecule has 0 atom stereocenters. The molecular weight excluding hydrogens is 431 g/mol. The molecule has 1 heterocycles. The van der Waals surface area contributed by atoms with Gasteiger partial charge in [0.2, 0.25) is 0 Å². The standard InChI is InChI=1S/C22H29FN6O4/c1-30-10-11-32-21-13-19(24)17(12-18(21)23)22(26)20(25)14-29(27)15-2-4-16(5-3-15)33-28-6-8-31-9-7-28/h2-5,12-14,26H,6-11,24-25,27H2,1H3/b20-14-,26-22?. The number of halogens is 1. The summed E-state index contributed by atoms with van der Waals surface area (Å²) < 4.78 is 29.8. The highest BCUT2D eigenvalue weighted by Crippen LogP contribution is 2.26. The number of nitrogen functional groups attached to an aromatic ring is 1. The van der Waals surface area contributed by atoms with Gasteiger partial charge in [0.1, 0.15) is 12.4 Å². The molecule has 1 aliphatic rings. The Bertz CT molecular complexity index is 980. The molecule has 2 aromatic carbocycles. The van der Waals surface area contributed by atoms with Crippen LogP contribution in [0.4, 0.5) is 15.8 Å². The number of nitrogens with zero attached hydrogens (tertiary/aromatic N) is 2. The number of methoxy groups -OCH3 is 1. The van der Waals surface area contributed by atoms with Crippen LogP contribution < -0.4 is 31.9 Å². The molecule has 3 rings (SSSR count). The van der Waals surface area contributed by atoms with Crippen LogP contribution in [0, 0.1) is 11.2 Å². The van der Waals surface area contributed by atoms with Crippen LogP contribution in [-0.4, -0.2) is 57.4 Å². The lowest BCUT2D eigenvalue weighted by Crippen LogP contribution is -2.38. The molecule has 0 aliphatic carbocycles. The van der Waals surface area contributed by atoms with Gasteiger partial charge in [-0.1, -0.05) is 0 Å². The highest BCUT2D eigenvalue weighted by atomic mass is 19.1.